The molecule has 0 aliphatic heterocycles. The molecule has 0 radical (unpaired) electrons. The number of benzene rings is 6. The molecule has 1 aromatic heterocycles. The van der Waals surface area contributed by atoms with Crippen molar-refractivity contribution in [2.45, 2.75) is 0 Å². The summed E-state index contributed by atoms with van der Waals surface area (Å²) in [6, 6.07) is 51.4. The molecule has 180 valence electrons. The van der Waals surface area contributed by atoms with Gasteiger partial charge in [0.25, 0.3) is 0 Å². The fourth-order valence-corrected chi connectivity index (χ4v) is 5.60. The first-order valence-corrected chi connectivity index (χ1v) is 12.9. The van der Waals surface area contributed by atoms with Crippen LogP contribution in [0.25, 0.3) is 60.9 Å². The number of nitrogens with zero attached hydrogens (tertiary/aromatic N) is 1. The van der Waals surface area contributed by atoms with Gasteiger partial charge >= 0.3 is 0 Å². The van der Waals surface area contributed by atoms with Gasteiger partial charge in [0.05, 0.1) is 16.7 Å². The molecule has 0 aliphatic carbocycles. The molecule has 0 fully saturated rings. The molecule has 0 bridgehead atoms. The Labute approximate surface area is 222 Å². The fourth-order valence-electron chi connectivity index (χ4n) is 5.60. The summed E-state index contributed by atoms with van der Waals surface area (Å²) in [5.41, 5.74) is 17.7. The van der Waals surface area contributed by atoms with Crippen LogP contribution in [0.4, 0.5) is 5.69 Å². The van der Waals surface area contributed by atoms with Gasteiger partial charge in [0, 0.05) is 27.6 Å². The van der Waals surface area contributed by atoms with Crippen molar-refractivity contribution in [2.75, 3.05) is 5.73 Å². The van der Waals surface area contributed by atoms with E-state index in [-0.39, 0.29) is 0 Å². The third-order valence-corrected chi connectivity index (χ3v) is 7.31. The minimum atomic E-state index is 0.749. The summed E-state index contributed by atoms with van der Waals surface area (Å²) >= 11 is 0. The summed E-state index contributed by atoms with van der Waals surface area (Å²) in [4.78, 5) is 0. The van der Waals surface area contributed by atoms with Gasteiger partial charge in [-0.05, 0) is 52.6 Å². The maximum atomic E-state index is 6.56. The zero-order valence-electron chi connectivity index (χ0n) is 20.9. The minimum absolute atomic E-state index is 0.749. The first-order valence-electron chi connectivity index (χ1n) is 12.9. The van der Waals surface area contributed by atoms with E-state index in [1.807, 2.05) is 0 Å². The lowest BCUT2D eigenvalue weighted by atomic mass is 9.94. The van der Waals surface area contributed by atoms with Gasteiger partial charge < -0.3 is 10.3 Å². The molecule has 1 heterocycles. The average Bonchev–Trinajstić information content (AvgIpc) is 3.31. The lowest BCUT2D eigenvalue weighted by Gasteiger charge is -2.20. The number of aromatic nitrogens is 1. The topological polar surface area (TPSA) is 30.9 Å². The monoisotopic (exact) mass is 486 g/mol. The standard InChI is InChI=1S/C36H26N2/c37-29-23-31(26-14-6-2-7-15-26)36(32(24-29)27-16-8-3-9-17-27)38-34-19-11-10-18-30(34)33-22-28(20-21-35(33)38)25-12-4-1-5-13-25/h1-24H,37H2. The molecule has 0 amide bonds. The zero-order valence-corrected chi connectivity index (χ0v) is 20.9. The van der Waals surface area contributed by atoms with Gasteiger partial charge in [0.1, 0.15) is 0 Å². The van der Waals surface area contributed by atoms with E-state index in [0.717, 1.165) is 33.6 Å². The number of nitrogen functional groups attached to an aromatic ring is 1. The Hall–Kier alpha value is -5.08. The van der Waals surface area contributed by atoms with Crippen LogP contribution in [0.2, 0.25) is 0 Å². The van der Waals surface area contributed by atoms with Crippen LogP contribution in [0.3, 0.4) is 0 Å². The molecule has 2 nitrogen and oxygen atoms in total. The third-order valence-electron chi connectivity index (χ3n) is 7.31. The quantitative estimate of drug-likeness (QED) is 0.247. The number of anilines is 1. The molecular weight excluding hydrogens is 460 g/mol. The number of nitrogens with two attached hydrogens (primary N) is 1. The Morgan fingerprint density at radius 3 is 1.50 bits per heavy atom. The molecule has 38 heavy (non-hydrogen) atoms. The van der Waals surface area contributed by atoms with Crippen LogP contribution in [0.5, 0.6) is 0 Å². The molecule has 0 spiro atoms. The van der Waals surface area contributed by atoms with Gasteiger partial charge in [-0.15, -0.1) is 0 Å². The van der Waals surface area contributed by atoms with Gasteiger partial charge in [-0.3, -0.25) is 0 Å². The van der Waals surface area contributed by atoms with Crippen LogP contribution in [0.1, 0.15) is 0 Å². The van der Waals surface area contributed by atoms with E-state index in [0.29, 0.717) is 0 Å². The van der Waals surface area contributed by atoms with Gasteiger partial charge in [-0.2, -0.15) is 0 Å². The molecule has 2 N–H and O–H groups in total. The van der Waals surface area contributed by atoms with E-state index in [4.69, 9.17) is 5.73 Å². The zero-order chi connectivity index (χ0) is 25.5. The molecule has 7 aromatic rings. The smallest absolute Gasteiger partial charge is 0.0620 e. The Morgan fingerprint density at radius 2 is 0.895 bits per heavy atom. The van der Waals surface area contributed by atoms with Crippen molar-refractivity contribution in [3.8, 4) is 39.1 Å². The molecule has 0 aliphatic rings. The summed E-state index contributed by atoms with van der Waals surface area (Å²) in [6.45, 7) is 0. The minimum Gasteiger partial charge on any atom is -0.399 e. The second-order valence-corrected chi connectivity index (χ2v) is 9.65. The number of rotatable bonds is 4. The van der Waals surface area contributed by atoms with E-state index >= 15 is 0 Å². The van der Waals surface area contributed by atoms with Gasteiger partial charge in [0.15, 0.2) is 0 Å². The van der Waals surface area contributed by atoms with Crippen LogP contribution in [0, 0.1) is 0 Å². The predicted molar refractivity (Wildman–Crippen MR) is 162 cm³/mol. The van der Waals surface area contributed by atoms with Crippen molar-refractivity contribution in [1.82, 2.24) is 4.57 Å². The van der Waals surface area contributed by atoms with E-state index in [1.165, 1.54) is 32.9 Å². The Morgan fingerprint density at radius 1 is 0.395 bits per heavy atom. The first kappa shape index (κ1) is 22.1. The number of fused-ring (bicyclic) bond motifs is 3. The average molecular weight is 487 g/mol. The second-order valence-electron chi connectivity index (χ2n) is 9.65. The molecule has 2 heteroatoms. The van der Waals surface area contributed by atoms with Crippen LogP contribution >= 0.6 is 0 Å². The highest BCUT2D eigenvalue weighted by Gasteiger charge is 2.20. The van der Waals surface area contributed by atoms with E-state index < -0.39 is 0 Å². The lowest BCUT2D eigenvalue weighted by molar-refractivity contribution is 1.18. The molecule has 0 saturated heterocycles. The summed E-state index contributed by atoms with van der Waals surface area (Å²) < 4.78 is 2.42. The fraction of sp³-hybridized carbons (Fsp3) is 0. The van der Waals surface area contributed by atoms with Crippen molar-refractivity contribution < 1.29 is 0 Å². The van der Waals surface area contributed by atoms with Crippen LogP contribution < -0.4 is 5.73 Å². The first-order chi connectivity index (χ1) is 18.8. The summed E-state index contributed by atoms with van der Waals surface area (Å²) in [7, 11) is 0. The Kier molecular flexibility index (Phi) is 5.30. The highest BCUT2D eigenvalue weighted by molar-refractivity contribution is 6.11. The molecule has 0 atom stereocenters. The van der Waals surface area contributed by atoms with Gasteiger partial charge in [0.2, 0.25) is 0 Å². The summed E-state index contributed by atoms with van der Waals surface area (Å²) in [5.74, 6) is 0. The van der Waals surface area contributed by atoms with Crippen molar-refractivity contribution in [3.05, 3.63) is 146 Å². The highest BCUT2D eigenvalue weighted by atomic mass is 15.0. The molecular formula is C36H26N2. The Bertz CT molecular complexity index is 1840. The predicted octanol–water partition coefficient (Wildman–Crippen LogP) is 9.37. The van der Waals surface area contributed by atoms with Crippen molar-refractivity contribution >= 4 is 27.5 Å². The third kappa shape index (κ3) is 3.66. The SMILES string of the molecule is Nc1cc(-c2ccccc2)c(-n2c3ccccc3c3cc(-c4ccccc4)ccc32)c(-c2ccccc2)c1. The largest absolute Gasteiger partial charge is 0.399 e. The van der Waals surface area contributed by atoms with E-state index in [9.17, 15) is 0 Å². The molecule has 0 saturated carbocycles. The van der Waals surface area contributed by atoms with Crippen molar-refractivity contribution in [1.29, 1.82) is 0 Å². The van der Waals surface area contributed by atoms with Gasteiger partial charge in [-0.25, -0.2) is 0 Å². The maximum Gasteiger partial charge on any atom is 0.0620 e. The summed E-state index contributed by atoms with van der Waals surface area (Å²) in [6.07, 6.45) is 0. The molecule has 6 aromatic carbocycles. The van der Waals surface area contributed by atoms with E-state index in [1.54, 1.807) is 0 Å². The lowest BCUT2D eigenvalue weighted by Crippen LogP contribution is -2.02. The van der Waals surface area contributed by atoms with Crippen LogP contribution in [-0.4, -0.2) is 4.57 Å². The maximum absolute atomic E-state index is 6.56. The van der Waals surface area contributed by atoms with Gasteiger partial charge in [-0.1, -0.05) is 115 Å². The molecule has 0 unspecified atom stereocenters. The Balaban J connectivity index is 1.62. The van der Waals surface area contributed by atoms with Crippen LogP contribution in [0.15, 0.2) is 146 Å². The van der Waals surface area contributed by atoms with Crippen molar-refractivity contribution in [2.24, 2.45) is 0 Å². The van der Waals surface area contributed by atoms with Crippen molar-refractivity contribution in [3.63, 3.8) is 0 Å². The normalized spacial score (nSPS) is 11.3. The van der Waals surface area contributed by atoms with E-state index in [2.05, 4.69) is 150 Å². The number of hydrogen-bond donors (Lipinski definition) is 1. The summed E-state index contributed by atoms with van der Waals surface area (Å²) in [5, 5.41) is 2.46. The van der Waals surface area contributed by atoms with Crippen LogP contribution in [-0.2, 0) is 0 Å². The highest BCUT2D eigenvalue weighted by Crippen LogP contribution is 2.43. The molecule has 7 rings (SSSR count). The second kappa shape index (κ2) is 9.10. The number of para-hydroxylation sites is 1. The number of hydrogen-bond acceptors (Lipinski definition) is 1.